The van der Waals surface area contributed by atoms with Crippen molar-refractivity contribution in [3.63, 3.8) is 0 Å². The first-order valence-corrected chi connectivity index (χ1v) is 7.50. The predicted octanol–water partition coefficient (Wildman–Crippen LogP) is 2.59. The summed E-state index contributed by atoms with van der Waals surface area (Å²) in [7, 11) is -2.33. The van der Waals surface area contributed by atoms with Crippen molar-refractivity contribution in [1.82, 2.24) is 9.97 Å². The molecule has 0 bridgehead atoms. The lowest BCUT2D eigenvalue weighted by atomic mass is 10.3. The largest absolute Gasteiger partial charge is 0.495 e. The van der Waals surface area contributed by atoms with Crippen molar-refractivity contribution >= 4 is 38.9 Å². The number of hydrogen-bond donors (Lipinski definition) is 1. The van der Waals surface area contributed by atoms with Crippen LogP contribution < -0.4 is 9.46 Å². The van der Waals surface area contributed by atoms with Gasteiger partial charge in [0.15, 0.2) is 0 Å². The molecule has 0 fully saturated rings. The Kier molecular flexibility index (Phi) is 4.32. The summed E-state index contributed by atoms with van der Waals surface area (Å²) in [5.74, 6) is 0.449. The molecule has 2 rings (SSSR count). The molecule has 0 amide bonds. The van der Waals surface area contributed by atoms with Gasteiger partial charge in [0.05, 0.1) is 30.2 Å². The highest BCUT2D eigenvalue weighted by Gasteiger charge is 2.16. The third-order valence-corrected chi connectivity index (χ3v) is 4.14. The van der Waals surface area contributed by atoms with E-state index in [0.29, 0.717) is 16.5 Å². The fourth-order valence-corrected chi connectivity index (χ4v) is 2.68. The third-order valence-electron chi connectivity index (χ3n) is 2.31. The van der Waals surface area contributed by atoms with E-state index in [4.69, 9.17) is 27.9 Å². The maximum absolute atomic E-state index is 12.1. The van der Waals surface area contributed by atoms with E-state index in [2.05, 4.69) is 14.7 Å². The Morgan fingerprint density at radius 2 is 1.85 bits per heavy atom. The van der Waals surface area contributed by atoms with Gasteiger partial charge in [0.2, 0.25) is 5.28 Å². The minimum absolute atomic E-state index is 0.0311. The summed E-state index contributed by atoms with van der Waals surface area (Å²) in [6.45, 7) is 0. The zero-order chi connectivity index (χ0) is 14.8. The Bertz CT molecular complexity index is 720. The first-order chi connectivity index (χ1) is 9.42. The summed E-state index contributed by atoms with van der Waals surface area (Å²) < 4.78 is 31.5. The lowest BCUT2D eigenvalue weighted by Gasteiger charge is -2.09. The van der Waals surface area contributed by atoms with Gasteiger partial charge in [-0.05, 0) is 29.8 Å². The van der Waals surface area contributed by atoms with Crippen LogP contribution in [0.2, 0.25) is 10.3 Å². The molecular formula is C11H9Cl2N3O3S. The summed E-state index contributed by atoms with van der Waals surface area (Å²) in [6.07, 6.45) is 2.23. The molecule has 6 nitrogen and oxygen atoms in total. The fraction of sp³-hybridized carbons (Fsp3) is 0.0909. The van der Waals surface area contributed by atoms with Crippen LogP contribution in [-0.4, -0.2) is 25.5 Å². The van der Waals surface area contributed by atoms with Gasteiger partial charge < -0.3 is 4.74 Å². The molecule has 1 N–H and O–H groups in total. The summed E-state index contributed by atoms with van der Waals surface area (Å²) in [5, 5.41) is 0.261. The Balaban J connectivity index is 2.28. The monoisotopic (exact) mass is 333 g/mol. The van der Waals surface area contributed by atoms with Crippen molar-refractivity contribution in [1.29, 1.82) is 0 Å². The number of methoxy groups -OCH3 is 1. The second-order valence-corrected chi connectivity index (χ2v) is 6.07. The molecule has 0 spiro atoms. The molecule has 0 aliphatic heterocycles. The number of nitrogens with zero attached hydrogens (tertiary/aromatic N) is 2. The minimum atomic E-state index is -3.80. The topological polar surface area (TPSA) is 81.2 Å². The SMILES string of the molecule is COc1ccc(NS(=O)(=O)c2cnc(Cl)nc2)cc1Cl. The fourth-order valence-electron chi connectivity index (χ4n) is 1.38. The molecule has 1 heterocycles. The predicted molar refractivity (Wildman–Crippen MR) is 75.9 cm³/mol. The van der Waals surface area contributed by atoms with Gasteiger partial charge >= 0.3 is 0 Å². The van der Waals surface area contributed by atoms with Gasteiger partial charge in [-0.1, -0.05) is 11.6 Å². The molecule has 0 radical (unpaired) electrons. The summed E-state index contributed by atoms with van der Waals surface area (Å²) in [4.78, 5) is 7.14. The normalized spacial score (nSPS) is 11.2. The summed E-state index contributed by atoms with van der Waals surface area (Å²) >= 11 is 11.4. The first-order valence-electron chi connectivity index (χ1n) is 5.26. The molecule has 2 aromatic rings. The number of halogens is 2. The van der Waals surface area contributed by atoms with E-state index in [1.54, 1.807) is 6.07 Å². The van der Waals surface area contributed by atoms with Crippen LogP contribution in [0.15, 0.2) is 35.5 Å². The van der Waals surface area contributed by atoms with Crippen LogP contribution in [0, 0.1) is 0 Å². The zero-order valence-corrected chi connectivity index (χ0v) is 12.5. The average Bonchev–Trinajstić information content (AvgIpc) is 2.39. The van der Waals surface area contributed by atoms with E-state index < -0.39 is 10.0 Å². The van der Waals surface area contributed by atoms with Gasteiger partial charge in [0.1, 0.15) is 10.6 Å². The molecule has 0 unspecified atom stereocenters. The Labute approximate surface area is 125 Å². The van der Waals surface area contributed by atoms with Gasteiger partial charge in [0, 0.05) is 0 Å². The molecule has 106 valence electrons. The molecule has 1 aromatic carbocycles. The van der Waals surface area contributed by atoms with Crippen LogP contribution in [-0.2, 0) is 10.0 Å². The molecule has 0 aliphatic rings. The third kappa shape index (κ3) is 3.30. The van der Waals surface area contributed by atoms with Crippen LogP contribution >= 0.6 is 23.2 Å². The van der Waals surface area contributed by atoms with Crippen LogP contribution in [0.5, 0.6) is 5.75 Å². The van der Waals surface area contributed by atoms with Gasteiger partial charge in [-0.2, -0.15) is 0 Å². The van der Waals surface area contributed by atoms with E-state index in [9.17, 15) is 8.42 Å². The number of sulfonamides is 1. The second-order valence-electron chi connectivity index (χ2n) is 3.64. The van der Waals surface area contributed by atoms with E-state index in [1.807, 2.05) is 0 Å². The van der Waals surface area contributed by atoms with E-state index in [-0.39, 0.29) is 10.2 Å². The lowest BCUT2D eigenvalue weighted by molar-refractivity contribution is 0.415. The van der Waals surface area contributed by atoms with Crippen molar-refractivity contribution < 1.29 is 13.2 Å². The smallest absolute Gasteiger partial charge is 0.264 e. The highest BCUT2D eigenvalue weighted by molar-refractivity contribution is 7.92. The van der Waals surface area contributed by atoms with Crippen molar-refractivity contribution in [3.05, 3.63) is 40.9 Å². The molecule has 0 atom stereocenters. The van der Waals surface area contributed by atoms with Crippen LogP contribution in [0.25, 0.3) is 0 Å². The highest BCUT2D eigenvalue weighted by Crippen LogP contribution is 2.28. The molecule has 9 heteroatoms. The number of aromatic nitrogens is 2. The van der Waals surface area contributed by atoms with Crippen molar-refractivity contribution in [2.24, 2.45) is 0 Å². The van der Waals surface area contributed by atoms with E-state index in [0.717, 1.165) is 12.4 Å². The molecule has 1 aromatic heterocycles. The quantitative estimate of drug-likeness (QED) is 0.869. The van der Waals surface area contributed by atoms with Crippen LogP contribution in [0.3, 0.4) is 0 Å². The molecule has 20 heavy (non-hydrogen) atoms. The maximum Gasteiger partial charge on any atom is 0.264 e. The highest BCUT2D eigenvalue weighted by atomic mass is 35.5. The van der Waals surface area contributed by atoms with E-state index in [1.165, 1.54) is 19.2 Å². The second kappa shape index (κ2) is 5.82. The molecule has 0 saturated carbocycles. The zero-order valence-electron chi connectivity index (χ0n) is 10.2. The number of rotatable bonds is 4. The first kappa shape index (κ1) is 14.8. The van der Waals surface area contributed by atoms with Gasteiger partial charge in [-0.15, -0.1) is 0 Å². The average molecular weight is 334 g/mol. The maximum atomic E-state index is 12.1. The minimum Gasteiger partial charge on any atom is -0.495 e. The van der Waals surface area contributed by atoms with E-state index >= 15 is 0 Å². The number of nitrogens with one attached hydrogen (secondary N) is 1. The molecular weight excluding hydrogens is 325 g/mol. The van der Waals surface area contributed by atoms with Crippen molar-refractivity contribution in [2.45, 2.75) is 4.90 Å². The van der Waals surface area contributed by atoms with Gasteiger partial charge in [-0.25, -0.2) is 18.4 Å². The Hall–Kier alpha value is -1.57. The number of hydrogen-bond acceptors (Lipinski definition) is 5. The van der Waals surface area contributed by atoms with Gasteiger partial charge in [-0.3, -0.25) is 4.72 Å². The Morgan fingerprint density at radius 1 is 1.20 bits per heavy atom. The number of ether oxygens (including phenoxy) is 1. The number of benzene rings is 1. The number of anilines is 1. The van der Waals surface area contributed by atoms with Crippen molar-refractivity contribution in [2.75, 3.05) is 11.8 Å². The summed E-state index contributed by atoms with van der Waals surface area (Å²) in [5.41, 5.74) is 0.297. The van der Waals surface area contributed by atoms with Crippen LogP contribution in [0.4, 0.5) is 5.69 Å². The van der Waals surface area contributed by atoms with Crippen molar-refractivity contribution in [3.8, 4) is 5.75 Å². The molecule has 0 aliphatic carbocycles. The Morgan fingerprint density at radius 3 is 2.40 bits per heavy atom. The summed E-state index contributed by atoms with van der Waals surface area (Å²) in [6, 6.07) is 4.52. The standard InChI is InChI=1S/C11H9Cl2N3O3S/c1-19-10-3-2-7(4-9(10)12)16-20(17,18)8-5-14-11(13)15-6-8/h2-6,16H,1H3. The molecule has 0 saturated heterocycles. The van der Waals surface area contributed by atoms with Gasteiger partial charge in [0.25, 0.3) is 10.0 Å². The van der Waals surface area contributed by atoms with Crippen LogP contribution in [0.1, 0.15) is 0 Å². The lowest BCUT2D eigenvalue weighted by Crippen LogP contribution is -2.13.